The molecule has 1 nitrogen and oxygen atoms in total. The second-order valence-corrected chi connectivity index (χ2v) is 5.91. The largest absolute Gasteiger partial charge is 0.252 e. The number of fused-ring (bicyclic) bond motifs is 3. The van der Waals surface area contributed by atoms with Gasteiger partial charge in [-0.25, -0.2) is 0 Å². The monoisotopic (exact) mass is 291 g/mol. The van der Waals surface area contributed by atoms with Gasteiger partial charge in [-0.3, -0.25) is 4.98 Å². The average molecular weight is 291 g/mol. The van der Waals surface area contributed by atoms with E-state index in [2.05, 4.69) is 58.0 Å². The SMILES string of the molecule is CCc1nc2c(c(CC)cc3ccccc32)c(CC)c1CC. The van der Waals surface area contributed by atoms with Gasteiger partial charge in [0.25, 0.3) is 0 Å². The third kappa shape index (κ3) is 2.20. The molecule has 0 amide bonds. The van der Waals surface area contributed by atoms with E-state index in [4.69, 9.17) is 4.98 Å². The summed E-state index contributed by atoms with van der Waals surface area (Å²) in [6.45, 7) is 9.01. The van der Waals surface area contributed by atoms with Crippen molar-refractivity contribution in [1.29, 1.82) is 0 Å². The van der Waals surface area contributed by atoms with Crippen LogP contribution in [0.15, 0.2) is 30.3 Å². The molecular formula is C21H25N. The molecule has 0 bridgehead atoms. The molecule has 1 aromatic heterocycles. The normalized spacial score (nSPS) is 11.5. The predicted octanol–water partition coefficient (Wildman–Crippen LogP) is 5.64. The van der Waals surface area contributed by atoms with Gasteiger partial charge in [-0.15, -0.1) is 0 Å². The van der Waals surface area contributed by atoms with Crippen LogP contribution in [-0.4, -0.2) is 4.98 Å². The molecule has 0 aliphatic heterocycles. The lowest BCUT2D eigenvalue weighted by Crippen LogP contribution is -2.05. The van der Waals surface area contributed by atoms with E-state index in [1.807, 2.05) is 0 Å². The van der Waals surface area contributed by atoms with Crippen LogP contribution in [0.25, 0.3) is 21.7 Å². The first-order chi connectivity index (χ1) is 10.7. The molecule has 0 saturated carbocycles. The third-order valence-corrected chi connectivity index (χ3v) is 4.79. The molecule has 0 unspecified atom stereocenters. The summed E-state index contributed by atoms with van der Waals surface area (Å²) in [6.07, 6.45) is 4.23. The lowest BCUT2D eigenvalue weighted by atomic mass is 9.90. The molecule has 3 aromatic rings. The number of pyridine rings is 1. The van der Waals surface area contributed by atoms with Crippen molar-refractivity contribution in [1.82, 2.24) is 4.98 Å². The summed E-state index contributed by atoms with van der Waals surface area (Å²) in [6, 6.07) is 11.0. The van der Waals surface area contributed by atoms with Gasteiger partial charge in [-0.1, -0.05) is 58.0 Å². The number of aryl methyl sites for hydroxylation is 3. The summed E-state index contributed by atoms with van der Waals surface area (Å²) in [5, 5.41) is 4.02. The van der Waals surface area contributed by atoms with Gasteiger partial charge in [-0.05, 0) is 47.8 Å². The van der Waals surface area contributed by atoms with Gasteiger partial charge in [0, 0.05) is 16.5 Å². The van der Waals surface area contributed by atoms with Crippen LogP contribution < -0.4 is 0 Å². The Hall–Kier alpha value is -1.89. The topological polar surface area (TPSA) is 12.9 Å². The van der Waals surface area contributed by atoms with Gasteiger partial charge < -0.3 is 0 Å². The molecule has 114 valence electrons. The van der Waals surface area contributed by atoms with Crippen molar-refractivity contribution in [2.75, 3.05) is 0 Å². The Bertz CT molecular complexity index is 830. The van der Waals surface area contributed by atoms with Crippen molar-refractivity contribution in [3.8, 4) is 0 Å². The van der Waals surface area contributed by atoms with Gasteiger partial charge in [0.15, 0.2) is 0 Å². The molecule has 0 fully saturated rings. The highest BCUT2D eigenvalue weighted by atomic mass is 14.7. The molecule has 0 N–H and O–H groups in total. The van der Waals surface area contributed by atoms with E-state index in [0.29, 0.717) is 0 Å². The quantitative estimate of drug-likeness (QED) is 0.567. The molecule has 22 heavy (non-hydrogen) atoms. The molecule has 2 aromatic carbocycles. The van der Waals surface area contributed by atoms with Crippen molar-refractivity contribution in [2.45, 2.75) is 53.4 Å². The second-order valence-electron chi connectivity index (χ2n) is 5.91. The van der Waals surface area contributed by atoms with Gasteiger partial charge in [0.1, 0.15) is 0 Å². The average Bonchev–Trinajstić information content (AvgIpc) is 2.58. The fourth-order valence-electron chi connectivity index (χ4n) is 3.74. The van der Waals surface area contributed by atoms with Crippen LogP contribution in [0.2, 0.25) is 0 Å². The van der Waals surface area contributed by atoms with E-state index in [9.17, 15) is 0 Å². The van der Waals surface area contributed by atoms with Crippen LogP contribution in [0.4, 0.5) is 0 Å². The van der Waals surface area contributed by atoms with Crippen molar-refractivity contribution < 1.29 is 0 Å². The Kier molecular flexibility index (Phi) is 4.15. The minimum atomic E-state index is 1.01. The van der Waals surface area contributed by atoms with Crippen LogP contribution in [0.1, 0.15) is 50.1 Å². The van der Waals surface area contributed by atoms with E-state index >= 15 is 0 Å². The Morgan fingerprint density at radius 3 is 2.18 bits per heavy atom. The zero-order valence-corrected chi connectivity index (χ0v) is 14.2. The lowest BCUT2D eigenvalue weighted by molar-refractivity contribution is 0.945. The summed E-state index contributed by atoms with van der Waals surface area (Å²) in [7, 11) is 0. The molecule has 0 saturated heterocycles. The Balaban J connectivity index is 2.58. The second kappa shape index (κ2) is 6.08. The van der Waals surface area contributed by atoms with Gasteiger partial charge >= 0.3 is 0 Å². The standard InChI is InChI=1S/C21H25N/c1-5-14-13-15-11-9-10-12-18(15)21-20(14)17(7-3)16(6-2)19(8-4)22-21/h9-13H,5-8H2,1-4H3. The Labute approximate surface area is 133 Å². The van der Waals surface area contributed by atoms with E-state index < -0.39 is 0 Å². The molecule has 1 heterocycles. The third-order valence-electron chi connectivity index (χ3n) is 4.79. The lowest BCUT2D eigenvalue weighted by Gasteiger charge is -2.18. The minimum absolute atomic E-state index is 1.01. The molecule has 3 rings (SSSR count). The molecule has 0 spiro atoms. The highest BCUT2D eigenvalue weighted by Crippen LogP contribution is 2.33. The first kappa shape index (κ1) is 15.0. The van der Waals surface area contributed by atoms with Crippen LogP contribution >= 0.6 is 0 Å². The van der Waals surface area contributed by atoms with Crippen LogP contribution in [-0.2, 0) is 25.7 Å². The van der Waals surface area contributed by atoms with Gasteiger partial charge in [0.2, 0.25) is 0 Å². The first-order valence-corrected chi connectivity index (χ1v) is 8.59. The number of aromatic nitrogens is 1. The van der Waals surface area contributed by atoms with Crippen molar-refractivity contribution in [2.24, 2.45) is 0 Å². The van der Waals surface area contributed by atoms with Crippen LogP contribution in [0.5, 0.6) is 0 Å². The number of rotatable bonds is 4. The van der Waals surface area contributed by atoms with Crippen molar-refractivity contribution >= 4 is 21.7 Å². The zero-order valence-electron chi connectivity index (χ0n) is 14.2. The van der Waals surface area contributed by atoms with E-state index in [1.165, 1.54) is 44.1 Å². The highest BCUT2D eigenvalue weighted by Gasteiger charge is 2.16. The number of benzene rings is 2. The van der Waals surface area contributed by atoms with Crippen LogP contribution in [0.3, 0.4) is 0 Å². The van der Waals surface area contributed by atoms with Crippen molar-refractivity contribution in [3.63, 3.8) is 0 Å². The van der Waals surface area contributed by atoms with Crippen molar-refractivity contribution in [3.05, 3.63) is 52.7 Å². The molecular weight excluding hydrogens is 266 g/mol. The number of nitrogens with zero attached hydrogens (tertiary/aromatic N) is 1. The maximum Gasteiger partial charge on any atom is 0.0789 e. The van der Waals surface area contributed by atoms with Gasteiger partial charge in [-0.2, -0.15) is 0 Å². The molecule has 0 radical (unpaired) electrons. The summed E-state index contributed by atoms with van der Waals surface area (Å²) in [4.78, 5) is 5.11. The first-order valence-electron chi connectivity index (χ1n) is 8.59. The number of hydrogen-bond acceptors (Lipinski definition) is 1. The summed E-state index contributed by atoms with van der Waals surface area (Å²) in [5.74, 6) is 0. The molecule has 0 atom stereocenters. The number of hydrogen-bond donors (Lipinski definition) is 0. The summed E-state index contributed by atoms with van der Waals surface area (Å²) in [5.41, 5.74) is 6.93. The summed E-state index contributed by atoms with van der Waals surface area (Å²) >= 11 is 0. The fraction of sp³-hybridized carbons (Fsp3) is 0.381. The minimum Gasteiger partial charge on any atom is -0.252 e. The fourth-order valence-corrected chi connectivity index (χ4v) is 3.74. The maximum absolute atomic E-state index is 5.11. The molecule has 0 aliphatic rings. The zero-order chi connectivity index (χ0) is 15.7. The maximum atomic E-state index is 5.11. The van der Waals surface area contributed by atoms with E-state index in [-0.39, 0.29) is 0 Å². The predicted molar refractivity (Wildman–Crippen MR) is 96.8 cm³/mol. The highest BCUT2D eigenvalue weighted by molar-refractivity contribution is 6.08. The van der Waals surface area contributed by atoms with Crippen LogP contribution in [0, 0.1) is 0 Å². The summed E-state index contributed by atoms with van der Waals surface area (Å²) < 4.78 is 0. The van der Waals surface area contributed by atoms with E-state index in [1.54, 1.807) is 0 Å². The molecule has 1 heteroatoms. The molecule has 0 aliphatic carbocycles. The van der Waals surface area contributed by atoms with E-state index in [0.717, 1.165) is 25.7 Å². The Morgan fingerprint density at radius 1 is 0.818 bits per heavy atom. The van der Waals surface area contributed by atoms with Gasteiger partial charge in [0.05, 0.1) is 5.52 Å². The Morgan fingerprint density at radius 2 is 1.55 bits per heavy atom. The smallest absolute Gasteiger partial charge is 0.0789 e.